The lowest BCUT2D eigenvalue weighted by atomic mass is 9.99. The highest BCUT2D eigenvalue weighted by atomic mass is 16.4. The van der Waals surface area contributed by atoms with Crippen molar-refractivity contribution in [3.05, 3.63) is 0 Å². The molecule has 0 aromatic heterocycles. The van der Waals surface area contributed by atoms with Crippen molar-refractivity contribution in [3.63, 3.8) is 0 Å². The van der Waals surface area contributed by atoms with E-state index in [1.807, 2.05) is 6.92 Å². The van der Waals surface area contributed by atoms with Gasteiger partial charge in [-0.3, -0.25) is 10.1 Å². The van der Waals surface area contributed by atoms with Gasteiger partial charge in [0.2, 0.25) is 0 Å². The Morgan fingerprint density at radius 3 is 2.55 bits per heavy atom. The van der Waals surface area contributed by atoms with Crippen LogP contribution < -0.4 is 5.32 Å². The van der Waals surface area contributed by atoms with Crippen LogP contribution >= 0.6 is 0 Å². The van der Waals surface area contributed by atoms with Gasteiger partial charge < -0.3 is 5.11 Å². The summed E-state index contributed by atoms with van der Waals surface area (Å²) in [7, 11) is 0. The van der Waals surface area contributed by atoms with Gasteiger partial charge in [-0.15, -0.1) is 0 Å². The van der Waals surface area contributed by atoms with E-state index in [0.717, 1.165) is 12.8 Å². The number of carbonyl (C=O) groups is 1. The maximum atomic E-state index is 10.8. The van der Waals surface area contributed by atoms with E-state index in [-0.39, 0.29) is 0 Å². The number of rotatable bonds is 4. The van der Waals surface area contributed by atoms with Crippen LogP contribution in [0.4, 0.5) is 0 Å². The average Bonchev–Trinajstić information content (AvgIpc) is 2.71. The van der Waals surface area contributed by atoms with Gasteiger partial charge in [0.15, 0.2) is 0 Å². The molecular weight excluding hydrogens is 142 g/mol. The number of nitrogens with one attached hydrogen (secondary N) is 1. The van der Waals surface area contributed by atoms with Gasteiger partial charge >= 0.3 is 5.97 Å². The van der Waals surface area contributed by atoms with Crippen molar-refractivity contribution in [1.29, 1.82) is 0 Å². The minimum absolute atomic E-state index is 0.455. The van der Waals surface area contributed by atoms with Gasteiger partial charge in [0, 0.05) is 6.04 Å². The van der Waals surface area contributed by atoms with Gasteiger partial charge in [-0.1, -0.05) is 6.92 Å². The van der Waals surface area contributed by atoms with Gasteiger partial charge in [-0.05, 0) is 26.2 Å². The first-order chi connectivity index (χ1) is 5.08. The molecule has 0 bridgehead atoms. The molecule has 1 fully saturated rings. The Morgan fingerprint density at radius 1 is 1.73 bits per heavy atom. The average molecular weight is 157 g/mol. The van der Waals surface area contributed by atoms with E-state index in [0.29, 0.717) is 12.5 Å². The molecule has 1 atom stereocenters. The van der Waals surface area contributed by atoms with Crippen LogP contribution in [-0.4, -0.2) is 22.7 Å². The van der Waals surface area contributed by atoms with Crippen LogP contribution in [0.2, 0.25) is 0 Å². The van der Waals surface area contributed by atoms with E-state index in [1.54, 1.807) is 6.92 Å². The third-order valence-corrected chi connectivity index (χ3v) is 2.28. The van der Waals surface area contributed by atoms with Crippen molar-refractivity contribution in [3.8, 4) is 0 Å². The molecule has 0 radical (unpaired) electrons. The predicted octanol–water partition coefficient (Wildman–Crippen LogP) is 0.992. The first-order valence-electron chi connectivity index (χ1n) is 4.09. The Kier molecular flexibility index (Phi) is 2.18. The zero-order valence-electron chi connectivity index (χ0n) is 7.05. The quantitative estimate of drug-likeness (QED) is 0.639. The molecule has 0 aromatic carbocycles. The molecule has 64 valence electrons. The van der Waals surface area contributed by atoms with Crippen LogP contribution in [0, 0.1) is 0 Å². The van der Waals surface area contributed by atoms with Crippen molar-refractivity contribution >= 4 is 5.97 Å². The van der Waals surface area contributed by atoms with E-state index < -0.39 is 11.5 Å². The second kappa shape index (κ2) is 2.81. The lowest BCUT2D eigenvalue weighted by Gasteiger charge is -2.24. The maximum Gasteiger partial charge on any atom is 0.323 e. The first-order valence-corrected chi connectivity index (χ1v) is 4.09. The van der Waals surface area contributed by atoms with Crippen LogP contribution in [0.3, 0.4) is 0 Å². The molecule has 1 aliphatic carbocycles. The fourth-order valence-electron chi connectivity index (χ4n) is 0.993. The molecule has 0 amide bonds. The van der Waals surface area contributed by atoms with Crippen LogP contribution in [-0.2, 0) is 4.79 Å². The topological polar surface area (TPSA) is 49.3 Å². The summed E-state index contributed by atoms with van der Waals surface area (Å²) < 4.78 is 0. The van der Waals surface area contributed by atoms with Crippen molar-refractivity contribution < 1.29 is 9.90 Å². The van der Waals surface area contributed by atoms with Crippen LogP contribution in [0.25, 0.3) is 0 Å². The highest BCUT2D eigenvalue weighted by Crippen LogP contribution is 2.23. The summed E-state index contributed by atoms with van der Waals surface area (Å²) in [5, 5.41) is 12.0. The molecule has 0 spiro atoms. The number of carboxylic acids is 1. The molecule has 0 heterocycles. The monoisotopic (exact) mass is 157 g/mol. The second-order valence-electron chi connectivity index (χ2n) is 3.41. The van der Waals surface area contributed by atoms with Crippen molar-refractivity contribution in [1.82, 2.24) is 5.32 Å². The normalized spacial score (nSPS) is 22.7. The molecule has 2 N–H and O–H groups in total. The summed E-state index contributed by atoms with van der Waals surface area (Å²) >= 11 is 0. The third kappa shape index (κ3) is 1.93. The molecule has 0 aliphatic heterocycles. The molecule has 1 aliphatic rings. The van der Waals surface area contributed by atoms with Gasteiger partial charge in [-0.2, -0.15) is 0 Å². The molecule has 1 rings (SSSR count). The van der Waals surface area contributed by atoms with Crippen molar-refractivity contribution in [2.24, 2.45) is 0 Å². The number of hydrogen-bond donors (Lipinski definition) is 2. The Labute approximate surface area is 66.8 Å². The van der Waals surface area contributed by atoms with Crippen molar-refractivity contribution in [2.75, 3.05) is 0 Å². The van der Waals surface area contributed by atoms with Crippen LogP contribution in [0.15, 0.2) is 0 Å². The Hall–Kier alpha value is -0.570. The highest BCUT2D eigenvalue weighted by molar-refractivity contribution is 5.78. The van der Waals surface area contributed by atoms with Crippen LogP contribution in [0.1, 0.15) is 33.1 Å². The minimum atomic E-state index is -0.744. The Morgan fingerprint density at radius 2 is 2.27 bits per heavy atom. The van der Waals surface area contributed by atoms with Crippen LogP contribution in [0.5, 0.6) is 0 Å². The highest BCUT2D eigenvalue weighted by Gasteiger charge is 2.36. The summed E-state index contributed by atoms with van der Waals surface area (Å²) in [6, 6.07) is 0.455. The molecule has 11 heavy (non-hydrogen) atoms. The third-order valence-electron chi connectivity index (χ3n) is 2.28. The number of hydrogen-bond acceptors (Lipinski definition) is 2. The number of carboxylic acid groups (broad SMARTS) is 1. The van der Waals surface area contributed by atoms with E-state index >= 15 is 0 Å². The zero-order valence-corrected chi connectivity index (χ0v) is 7.05. The lowest BCUT2D eigenvalue weighted by molar-refractivity contribution is -0.144. The van der Waals surface area contributed by atoms with E-state index in [2.05, 4.69) is 5.32 Å². The first kappa shape index (κ1) is 8.53. The van der Waals surface area contributed by atoms with E-state index in [1.165, 1.54) is 0 Å². The molecule has 3 heteroatoms. The summed E-state index contributed by atoms with van der Waals surface area (Å²) in [5.74, 6) is -0.744. The van der Waals surface area contributed by atoms with Gasteiger partial charge in [0.05, 0.1) is 0 Å². The molecule has 1 unspecified atom stereocenters. The fraction of sp³-hybridized carbons (Fsp3) is 0.875. The summed E-state index contributed by atoms with van der Waals surface area (Å²) in [4.78, 5) is 10.8. The van der Waals surface area contributed by atoms with Gasteiger partial charge in [0.1, 0.15) is 5.54 Å². The van der Waals surface area contributed by atoms with E-state index in [9.17, 15) is 4.79 Å². The predicted molar refractivity (Wildman–Crippen MR) is 42.5 cm³/mol. The summed E-state index contributed by atoms with van der Waals surface area (Å²) in [6.07, 6.45) is 2.89. The Balaban J connectivity index is 2.49. The Bertz CT molecular complexity index is 165. The van der Waals surface area contributed by atoms with Crippen molar-refractivity contribution in [2.45, 2.75) is 44.7 Å². The van der Waals surface area contributed by atoms with Gasteiger partial charge in [0.25, 0.3) is 0 Å². The second-order valence-corrected chi connectivity index (χ2v) is 3.41. The molecule has 0 aromatic rings. The minimum Gasteiger partial charge on any atom is -0.480 e. The molecular formula is C8H15NO2. The summed E-state index contributed by atoms with van der Waals surface area (Å²) in [5.41, 5.74) is -0.707. The van der Waals surface area contributed by atoms with Gasteiger partial charge in [-0.25, -0.2) is 0 Å². The smallest absolute Gasteiger partial charge is 0.323 e. The molecule has 3 nitrogen and oxygen atoms in total. The SMILES string of the molecule is CCC(C)(NC1CC1)C(=O)O. The molecule has 1 saturated carbocycles. The lowest BCUT2D eigenvalue weighted by Crippen LogP contribution is -2.49. The standard InChI is InChI=1S/C8H15NO2/c1-3-8(2,7(10)11)9-6-4-5-6/h6,9H,3-5H2,1-2H3,(H,10,11). The van der Waals surface area contributed by atoms with E-state index in [4.69, 9.17) is 5.11 Å². The fourth-order valence-corrected chi connectivity index (χ4v) is 0.993. The molecule has 0 saturated heterocycles. The maximum absolute atomic E-state index is 10.8. The summed E-state index contributed by atoms with van der Waals surface area (Å²) in [6.45, 7) is 3.64. The zero-order chi connectivity index (χ0) is 8.48. The number of aliphatic carboxylic acids is 1. The largest absolute Gasteiger partial charge is 0.480 e.